The van der Waals surface area contributed by atoms with Gasteiger partial charge in [-0.3, -0.25) is 0 Å². The number of unbranched alkanes of at least 4 members (excludes halogenated alkanes) is 14. The maximum Gasteiger partial charge on any atom is 0.104 e. The van der Waals surface area contributed by atoms with Crippen molar-refractivity contribution < 1.29 is 15.3 Å². The molecule has 0 saturated carbocycles. The van der Waals surface area contributed by atoms with Crippen LogP contribution in [0.2, 0.25) is 0 Å². The number of nitrogens with one attached hydrogen (secondary N) is 1. The Morgan fingerprint density at radius 1 is 0.607 bits per heavy atom. The molecular formula is C24H51NO3. The summed E-state index contributed by atoms with van der Waals surface area (Å²) in [5, 5.41) is 32.6. The van der Waals surface area contributed by atoms with Crippen LogP contribution in [0.5, 0.6) is 0 Å². The molecule has 4 nitrogen and oxygen atoms in total. The Bertz CT molecular complexity index is 302. The lowest BCUT2D eigenvalue weighted by atomic mass is 9.98. The monoisotopic (exact) mass is 401 g/mol. The Morgan fingerprint density at radius 3 is 1.50 bits per heavy atom. The van der Waals surface area contributed by atoms with E-state index in [9.17, 15) is 10.2 Å². The second kappa shape index (κ2) is 21.5. The Hall–Kier alpha value is -0.160. The zero-order valence-electron chi connectivity index (χ0n) is 19.0. The minimum Gasteiger partial charge on any atom is -0.394 e. The van der Waals surface area contributed by atoms with Gasteiger partial charge in [0.25, 0.3) is 0 Å². The third-order valence-corrected chi connectivity index (χ3v) is 5.80. The molecule has 0 aromatic rings. The highest BCUT2D eigenvalue weighted by molar-refractivity contribution is 4.81. The zero-order chi connectivity index (χ0) is 20.9. The van der Waals surface area contributed by atoms with Gasteiger partial charge in [-0.25, -0.2) is 0 Å². The molecule has 0 fully saturated rings. The average Bonchev–Trinajstić information content (AvgIpc) is 2.71. The van der Waals surface area contributed by atoms with Crippen molar-refractivity contribution in [2.24, 2.45) is 0 Å². The molecule has 0 radical (unpaired) electrons. The summed E-state index contributed by atoms with van der Waals surface area (Å²) in [7, 11) is 0. The van der Waals surface area contributed by atoms with Crippen molar-refractivity contribution >= 4 is 0 Å². The van der Waals surface area contributed by atoms with Gasteiger partial charge in [0.05, 0.1) is 12.7 Å². The topological polar surface area (TPSA) is 72.7 Å². The second-order valence-corrected chi connectivity index (χ2v) is 8.54. The fraction of sp³-hybridized carbons (Fsp3) is 1.00. The van der Waals surface area contributed by atoms with E-state index in [0.717, 1.165) is 25.8 Å². The van der Waals surface area contributed by atoms with Gasteiger partial charge in [-0.2, -0.15) is 0 Å². The van der Waals surface area contributed by atoms with Crippen molar-refractivity contribution in [3.05, 3.63) is 0 Å². The molecule has 0 aliphatic carbocycles. The maximum atomic E-state index is 10.3. The SMILES string of the molecule is CCCCCCCCCCCCCC[C@@H](NCCCCCC)[C@@H](O)[C@H](O)CO. The van der Waals surface area contributed by atoms with E-state index in [1.807, 2.05) is 0 Å². The lowest BCUT2D eigenvalue weighted by Gasteiger charge is -2.27. The predicted molar refractivity (Wildman–Crippen MR) is 121 cm³/mol. The molecule has 170 valence electrons. The summed E-state index contributed by atoms with van der Waals surface area (Å²) in [6, 6.07) is -0.119. The fourth-order valence-corrected chi connectivity index (χ4v) is 3.81. The van der Waals surface area contributed by atoms with Crippen LogP contribution >= 0.6 is 0 Å². The molecule has 28 heavy (non-hydrogen) atoms. The summed E-state index contributed by atoms with van der Waals surface area (Å²) in [6.07, 6.45) is 19.5. The lowest BCUT2D eigenvalue weighted by molar-refractivity contribution is -0.0336. The molecule has 0 bridgehead atoms. The molecule has 3 atom stereocenters. The molecule has 0 aromatic carbocycles. The first kappa shape index (κ1) is 27.8. The van der Waals surface area contributed by atoms with Crippen molar-refractivity contribution in [3.63, 3.8) is 0 Å². The summed E-state index contributed by atoms with van der Waals surface area (Å²) in [4.78, 5) is 0. The number of hydrogen-bond acceptors (Lipinski definition) is 4. The molecule has 4 N–H and O–H groups in total. The molecule has 0 spiro atoms. The van der Waals surface area contributed by atoms with E-state index in [1.54, 1.807) is 0 Å². The maximum absolute atomic E-state index is 10.3. The largest absolute Gasteiger partial charge is 0.394 e. The van der Waals surface area contributed by atoms with E-state index in [4.69, 9.17) is 5.11 Å². The van der Waals surface area contributed by atoms with Crippen molar-refractivity contribution in [2.75, 3.05) is 13.2 Å². The number of rotatable bonds is 22. The first-order chi connectivity index (χ1) is 13.7. The Labute approximate surface area is 175 Å². The summed E-state index contributed by atoms with van der Waals surface area (Å²) >= 11 is 0. The molecule has 0 unspecified atom stereocenters. The van der Waals surface area contributed by atoms with Crippen LogP contribution < -0.4 is 5.32 Å². The van der Waals surface area contributed by atoms with Gasteiger partial charge in [-0.1, -0.05) is 110 Å². The molecule has 0 amide bonds. The van der Waals surface area contributed by atoms with Crippen molar-refractivity contribution in [3.8, 4) is 0 Å². The number of aliphatic hydroxyl groups excluding tert-OH is 3. The summed E-state index contributed by atoms with van der Waals surface area (Å²) < 4.78 is 0. The number of hydrogen-bond donors (Lipinski definition) is 4. The second-order valence-electron chi connectivity index (χ2n) is 8.54. The van der Waals surface area contributed by atoms with Gasteiger partial charge in [0.2, 0.25) is 0 Å². The predicted octanol–water partition coefficient (Wildman–Crippen LogP) is 5.33. The minimum absolute atomic E-state index is 0.119. The molecule has 4 heteroatoms. The van der Waals surface area contributed by atoms with Gasteiger partial charge in [-0.05, 0) is 19.4 Å². The van der Waals surface area contributed by atoms with Gasteiger partial charge in [0.15, 0.2) is 0 Å². The van der Waals surface area contributed by atoms with E-state index >= 15 is 0 Å². The summed E-state index contributed by atoms with van der Waals surface area (Å²) in [6.45, 7) is 4.96. The quantitative estimate of drug-likeness (QED) is 0.185. The van der Waals surface area contributed by atoms with E-state index < -0.39 is 12.2 Å². The molecule has 0 aromatic heterocycles. The summed E-state index contributed by atoms with van der Waals surface area (Å²) in [5.74, 6) is 0. The van der Waals surface area contributed by atoms with Gasteiger partial charge < -0.3 is 20.6 Å². The number of aliphatic hydroxyl groups is 3. The van der Waals surface area contributed by atoms with Crippen molar-refractivity contribution in [1.29, 1.82) is 0 Å². The van der Waals surface area contributed by atoms with Crippen LogP contribution in [0.1, 0.15) is 123 Å². The standard InChI is InChI=1S/C24H51NO3/c1-3-5-7-9-10-11-12-13-14-15-16-17-19-22(24(28)23(27)21-26)25-20-18-8-6-4-2/h22-28H,3-21H2,1-2H3/t22-,23-,24-/m1/s1. The van der Waals surface area contributed by atoms with Gasteiger partial charge >= 0.3 is 0 Å². The van der Waals surface area contributed by atoms with E-state index in [2.05, 4.69) is 19.2 Å². The zero-order valence-corrected chi connectivity index (χ0v) is 19.0. The molecular weight excluding hydrogens is 350 g/mol. The Kier molecular flexibility index (Phi) is 21.4. The van der Waals surface area contributed by atoms with E-state index in [1.165, 1.54) is 89.9 Å². The molecule has 0 rings (SSSR count). The highest BCUT2D eigenvalue weighted by Crippen LogP contribution is 2.15. The van der Waals surface area contributed by atoms with Gasteiger partial charge in [0.1, 0.15) is 6.10 Å². The molecule has 0 heterocycles. The third kappa shape index (κ3) is 16.8. The van der Waals surface area contributed by atoms with Crippen LogP contribution in [0.4, 0.5) is 0 Å². The molecule has 0 aliphatic heterocycles. The Morgan fingerprint density at radius 2 is 1.04 bits per heavy atom. The van der Waals surface area contributed by atoms with E-state index in [0.29, 0.717) is 0 Å². The first-order valence-electron chi connectivity index (χ1n) is 12.4. The highest BCUT2D eigenvalue weighted by Gasteiger charge is 2.24. The van der Waals surface area contributed by atoms with Gasteiger partial charge in [0, 0.05) is 6.04 Å². The van der Waals surface area contributed by atoms with Crippen LogP contribution in [-0.2, 0) is 0 Å². The van der Waals surface area contributed by atoms with Crippen LogP contribution in [-0.4, -0.2) is 46.7 Å². The summed E-state index contributed by atoms with van der Waals surface area (Å²) in [5.41, 5.74) is 0. The molecule has 0 aliphatic rings. The minimum atomic E-state index is -1.05. The molecule has 0 saturated heterocycles. The fourth-order valence-electron chi connectivity index (χ4n) is 3.81. The van der Waals surface area contributed by atoms with Crippen LogP contribution in [0.25, 0.3) is 0 Å². The van der Waals surface area contributed by atoms with E-state index in [-0.39, 0.29) is 12.6 Å². The van der Waals surface area contributed by atoms with Crippen molar-refractivity contribution in [2.45, 2.75) is 141 Å². The average molecular weight is 402 g/mol. The smallest absolute Gasteiger partial charge is 0.104 e. The third-order valence-electron chi connectivity index (χ3n) is 5.80. The van der Waals surface area contributed by atoms with Crippen LogP contribution in [0.3, 0.4) is 0 Å². The van der Waals surface area contributed by atoms with Crippen molar-refractivity contribution in [1.82, 2.24) is 5.32 Å². The normalized spacial score (nSPS) is 14.9. The highest BCUT2D eigenvalue weighted by atomic mass is 16.4. The lowest BCUT2D eigenvalue weighted by Crippen LogP contribution is -2.47. The first-order valence-corrected chi connectivity index (χ1v) is 12.4. The van der Waals surface area contributed by atoms with Crippen LogP contribution in [0.15, 0.2) is 0 Å². The van der Waals surface area contributed by atoms with Gasteiger partial charge in [-0.15, -0.1) is 0 Å². The Balaban J connectivity index is 3.76. The van der Waals surface area contributed by atoms with Crippen LogP contribution in [0, 0.1) is 0 Å².